The topological polar surface area (TPSA) is 52.3 Å². The van der Waals surface area contributed by atoms with Gasteiger partial charge in [0, 0.05) is 6.08 Å². The maximum absolute atomic E-state index is 11.1. The number of carbonyl (C=O) groups is 1. The van der Waals surface area contributed by atoms with Crippen LogP contribution in [0.1, 0.15) is 40.0 Å². The van der Waals surface area contributed by atoms with Crippen LogP contribution in [-0.2, 0) is 9.53 Å². The van der Waals surface area contributed by atoms with Crippen molar-refractivity contribution in [1.82, 2.24) is 0 Å². The predicted molar refractivity (Wildman–Crippen MR) is 65.1 cm³/mol. The standard InChI is InChI=1S/C11H21NO2.ClH/c1-5-9(14-10(13)6-2)11(12,7-3)8-4;/h6,9H,2,5,7-8,12H2,1,3-4H3;1H. The Bertz CT molecular complexity index is 203. The van der Waals surface area contributed by atoms with Crippen LogP contribution in [0.3, 0.4) is 0 Å². The fourth-order valence-corrected chi connectivity index (χ4v) is 1.50. The minimum Gasteiger partial charge on any atom is -0.457 e. The van der Waals surface area contributed by atoms with E-state index in [1.807, 2.05) is 20.8 Å². The first kappa shape index (κ1) is 16.9. The summed E-state index contributed by atoms with van der Waals surface area (Å²) in [6.07, 6.45) is 3.29. The van der Waals surface area contributed by atoms with Crippen molar-refractivity contribution in [2.45, 2.75) is 51.7 Å². The average Bonchev–Trinajstić information content (AvgIpc) is 2.24. The van der Waals surface area contributed by atoms with Crippen LogP contribution in [0.2, 0.25) is 0 Å². The molecule has 0 saturated carbocycles. The summed E-state index contributed by atoms with van der Waals surface area (Å²) in [6, 6.07) is 0. The molecule has 0 aromatic rings. The van der Waals surface area contributed by atoms with Crippen molar-refractivity contribution < 1.29 is 9.53 Å². The summed E-state index contributed by atoms with van der Waals surface area (Å²) >= 11 is 0. The maximum atomic E-state index is 11.1. The number of ether oxygens (including phenoxy) is 1. The van der Waals surface area contributed by atoms with Crippen LogP contribution in [0.25, 0.3) is 0 Å². The van der Waals surface area contributed by atoms with E-state index in [9.17, 15) is 4.79 Å². The number of carbonyl (C=O) groups excluding carboxylic acids is 1. The number of hydrogen-bond donors (Lipinski definition) is 1. The highest BCUT2D eigenvalue weighted by molar-refractivity contribution is 5.85. The molecule has 3 nitrogen and oxygen atoms in total. The van der Waals surface area contributed by atoms with Gasteiger partial charge in [-0.25, -0.2) is 4.79 Å². The van der Waals surface area contributed by atoms with Gasteiger partial charge in [0.1, 0.15) is 6.10 Å². The molecular weight excluding hydrogens is 214 g/mol. The predicted octanol–water partition coefficient (Wildman–Crippen LogP) is 2.43. The van der Waals surface area contributed by atoms with Crippen LogP contribution in [0.4, 0.5) is 0 Å². The molecule has 0 bridgehead atoms. The Balaban J connectivity index is 0. The van der Waals surface area contributed by atoms with Crippen molar-refractivity contribution in [3.63, 3.8) is 0 Å². The van der Waals surface area contributed by atoms with Gasteiger partial charge in [-0.05, 0) is 19.3 Å². The van der Waals surface area contributed by atoms with Crippen molar-refractivity contribution in [1.29, 1.82) is 0 Å². The summed E-state index contributed by atoms with van der Waals surface area (Å²) in [5.41, 5.74) is 5.73. The van der Waals surface area contributed by atoms with Crippen molar-refractivity contribution in [2.24, 2.45) is 5.73 Å². The molecular formula is C11H22ClNO2. The van der Waals surface area contributed by atoms with Gasteiger partial charge in [-0.3, -0.25) is 0 Å². The lowest BCUT2D eigenvalue weighted by Crippen LogP contribution is -2.51. The van der Waals surface area contributed by atoms with Crippen LogP contribution in [0, 0.1) is 0 Å². The third-order valence-electron chi connectivity index (χ3n) is 2.75. The SMILES string of the molecule is C=CC(=O)OC(CC)C(N)(CC)CC.Cl. The van der Waals surface area contributed by atoms with Crippen LogP contribution in [0.15, 0.2) is 12.7 Å². The normalized spacial score (nSPS) is 12.5. The summed E-state index contributed by atoms with van der Waals surface area (Å²) < 4.78 is 5.21. The monoisotopic (exact) mass is 235 g/mol. The Kier molecular flexibility index (Phi) is 8.68. The molecule has 1 unspecified atom stereocenters. The van der Waals surface area contributed by atoms with E-state index in [-0.39, 0.29) is 18.5 Å². The van der Waals surface area contributed by atoms with Crippen LogP contribution in [-0.4, -0.2) is 17.6 Å². The van der Waals surface area contributed by atoms with Gasteiger partial charge in [0.25, 0.3) is 0 Å². The second-order valence-corrected chi connectivity index (χ2v) is 3.48. The summed E-state index contributed by atoms with van der Waals surface area (Å²) in [5.74, 6) is -0.395. The van der Waals surface area contributed by atoms with E-state index in [0.29, 0.717) is 0 Å². The Morgan fingerprint density at radius 3 is 2.20 bits per heavy atom. The van der Waals surface area contributed by atoms with Gasteiger partial charge in [0.2, 0.25) is 0 Å². The van der Waals surface area contributed by atoms with E-state index in [1.165, 1.54) is 6.08 Å². The summed E-state index contributed by atoms with van der Waals surface area (Å²) in [5, 5.41) is 0. The lowest BCUT2D eigenvalue weighted by molar-refractivity contribution is -0.147. The molecule has 90 valence electrons. The molecule has 0 amide bonds. The van der Waals surface area contributed by atoms with Crippen molar-refractivity contribution >= 4 is 18.4 Å². The van der Waals surface area contributed by atoms with Crippen molar-refractivity contribution in [2.75, 3.05) is 0 Å². The molecule has 0 aromatic heterocycles. The molecule has 0 spiro atoms. The molecule has 2 N–H and O–H groups in total. The van der Waals surface area contributed by atoms with E-state index in [1.54, 1.807) is 0 Å². The minimum absolute atomic E-state index is 0. The van der Waals surface area contributed by atoms with Gasteiger partial charge >= 0.3 is 5.97 Å². The molecule has 0 heterocycles. The van der Waals surface area contributed by atoms with Crippen LogP contribution >= 0.6 is 12.4 Å². The molecule has 0 saturated heterocycles. The molecule has 15 heavy (non-hydrogen) atoms. The van der Waals surface area contributed by atoms with Gasteiger partial charge in [-0.1, -0.05) is 27.4 Å². The quantitative estimate of drug-likeness (QED) is 0.568. The van der Waals surface area contributed by atoms with Crippen molar-refractivity contribution in [3.05, 3.63) is 12.7 Å². The molecule has 0 aromatic carbocycles. The summed E-state index contributed by atoms with van der Waals surface area (Å²) in [6.45, 7) is 9.35. The van der Waals surface area contributed by atoms with Gasteiger partial charge in [-0.15, -0.1) is 12.4 Å². The Labute approximate surface area is 98.5 Å². The van der Waals surface area contributed by atoms with E-state index in [0.717, 1.165) is 19.3 Å². The zero-order chi connectivity index (χ0) is 11.2. The van der Waals surface area contributed by atoms with E-state index in [2.05, 4.69) is 6.58 Å². The van der Waals surface area contributed by atoms with Gasteiger partial charge < -0.3 is 10.5 Å². The third kappa shape index (κ3) is 4.67. The highest BCUT2D eigenvalue weighted by Crippen LogP contribution is 2.22. The second kappa shape index (κ2) is 7.71. The summed E-state index contributed by atoms with van der Waals surface area (Å²) in [4.78, 5) is 11.1. The third-order valence-corrected chi connectivity index (χ3v) is 2.75. The minimum atomic E-state index is -0.409. The Hall–Kier alpha value is -0.540. The lowest BCUT2D eigenvalue weighted by atomic mass is 9.86. The van der Waals surface area contributed by atoms with Gasteiger partial charge in [0.15, 0.2) is 0 Å². The highest BCUT2D eigenvalue weighted by Gasteiger charge is 2.32. The maximum Gasteiger partial charge on any atom is 0.330 e. The molecule has 0 rings (SSSR count). The second-order valence-electron chi connectivity index (χ2n) is 3.48. The fraction of sp³-hybridized carbons (Fsp3) is 0.727. The number of rotatable bonds is 6. The first-order valence-corrected chi connectivity index (χ1v) is 5.15. The number of esters is 1. The first-order chi connectivity index (χ1) is 6.53. The Morgan fingerprint density at radius 2 is 1.93 bits per heavy atom. The zero-order valence-electron chi connectivity index (χ0n) is 9.79. The number of nitrogens with two attached hydrogens (primary N) is 1. The van der Waals surface area contributed by atoms with Crippen LogP contribution < -0.4 is 5.73 Å². The van der Waals surface area contributed by atoms with Crippen LogP contribution in [0.5, 0.6) is 0 Å². The van der Waals surface area contributed by atoms with E-state index < -0.39 is 11.5 Å². The highest BCUT2D eigenvalue weighted by atomic mass is 35.5. The number of halogens is 1. The molecule has 0 radical (unpaired) electrons. The van der Waals surface area contributed by atoms with Crippen molar-refractivity contribution in [3.8, 4) is 0 Å². The Morgan fingerprint density at radius 1 is 1.47 bits per heavy atom. The summed E-state index contributed by atoms with van der Waals surface area (Å²) in [7, 11) is 0. The smallest absolute Gasteiger partial charge is 0.330 e. The molecule has 0 aliphatic heterocycles. The molecule has 0 aliphatic carbocycles. The lowest BCUT2D eigenvalue weighted by Gasteiger charge is -2.34. The molecule has 4 heteroatoms. The van der Waals surface area contributed by atoms with E-state index in [4.69, 9.17) is 10.5 Å². The molecule has 0 aliphatic rings. The average molecular weight is 236 g/mol. The fourth-order valence-electron chi connectivity index (χ4n) is 1.50. The van der Waals surface area contributed by atoms with Gasteiger partial charge in [0.05, 0.1) is 5.54 Å². The number of hydrogen-bond acceptors (Lipinski definition) is 3. The molecule has 0 fully saturated rings. The largest absolute Gasteiger partial charge is 0.457 e. The van der Waals surface area contributed by atoms with E-state index >= 15 is 0 Å². The van der Waals surface area contributed by atoms with Gasteiger partial charge in [-0.2, -0.15) is 0 Å². The molecule has 1 atom stereocenters. The first-order valence-electron chi connectivity index (χ1n) is 5.15. The zero-order valence-corrected chi connectivity index (χ0v) is 10.6.